The first kappa shape index (κ1) is 23.6. The standard InChI is InChI=1S/C29H22N4O4/c1-20-11-13-21(14-12-20)19-37-27-16-15-22(17-26(27)33(35)36)18-30-32-28(23-7-3-2-4-8-23)31-25-10-6-5-9-24(25)29(32)34/h2-18H,19H2,1H3. The maximum absolute atomic E-state index is 13.3. The molecule has 4 aromatic carbocycles. The van der Waals surface area contributed by atoms with Crippen LogP contribution in [0.1, 0.15) is 16.7 Å². The van der Waals surface area contributed by atoms with E-state index in [-0.39, 0.29) is 23.6 Å². The van der Waals surface area contributed by atoms with Crippen LogP contribution in [0.15, 0.2) is 107 Å². The fraction of sp³-hybridized carbons (Fsp3) is 0.0690. The molecule has 0 saturated heterocycles. The van der Waals surface area contributed by atoms with Crippen LogP contribution in [-0.4, -0.2) is 20.8 Å². The van der Waals surface area contributed by atoms with Crippen molar-refractivity contribution in [1.29, 1.82) is 0 Å². The Morgan fingerprint density at radius 1 is 0.973 bits per heavy atom. The fourth-order valence-electron chi connectivity index (χ4n) is 3.85. The number of nitro groups is 1. The van der Waals surface area contributed by atoms with Gasteiger partial charge < -0.3 is 4.74 Å². The highest BCUT2D eigenvalue weighted by atomic mass is 16.6. The van der Waals surface area contributed by atoms with Gasteiger partial charge in [0, 0.05) is 17.2 Å². The first-order valence-corrected chi connectivity index (χ1v) is 11.6. The van der Waals surface area contributed by atoms with Gasteiger partial charge >= 0.3 is 5.69 Å². The quantitative estimate of drug-likeness (QED) is 0.165. The van der Waals surface area contributed by atoms with Crippen molar-refractivity contribution in [3.63, 3.8) is 0 Å². The molecule has 0 atom stereocenters. The minimum atomic E-state index is -0.499. The second kappa shape index (κ2) is 10.2. The molecule has 37 heavy (non-hydrogen) atoms. The number of benzene rings is 4. The van der Waals surface area contributed by atoms with Crippen LogP contribution in [0.5, 0.6) is 5.75 Å². The summed E-state index contributed by atoms with van der Waals surface area (Å²) in [5, 5.41) is 16.6. The molecule has 182 valence electrons. The molecule has 1 aromatic heterocycles. The van der Waals surface area contributed by atoms with Crippen LogP contribution in [0.3, 0.4) is 0 Å². The highest BCUT2D eigenvalue weighted by Crippen LogP contribution is 2.28. The lowest BCUT2D eigenvalue weighted by molar-refractivity contribution is -0.385. The van der Waals surface area contributed by atoms with Crippen LogP contribution in [0.4, 0.5) is 5.69 Å². The van der Waals surface area contributed by atoms with E-state index in [4.69, 9.17) is 4.74 Å². The third-order valence-electron chi connectivity index (χ3n) is 5.80. The van der Waals surface area contributed by atoms with Gasteiger partial charge in [-0.05, 0) is 36.8 Å². The zero-order chi connectivity index (χ0) is 25.8. The van der Waals surface area contributed by atoms with Crippen molar-refractivity contribution in [2.75, 3.05) is 0 Å². The van der Waals surface area contributed by atoms with Crippen LogP contribution in [0.2, 0.25) is 0 Å². The van der Waals surface area contributed by atoms with Crippen molar-refractivity contribution in [1.82, 2.24) is 9.66 Å². The van der Waals surface area contributed by atoms with Gasteiger partial charge in [-0.15, -0.1) is 0 Å². The molecule has 0 saturated carbocycles. The Balaban J connectivity index is 1.50. The predicted molar refractivity (Wildman–Crippen MR) is 143 cm³/mol. The summed E-state index contributed by atoms with van der Waals surface area (Å²) < 4.78 is 6.95. The summed E-state index contributed by atoms with van der Waals surface area (Å²) in [6.07, 6.45) is 1.40. The Morgan fingerprint density at radius 2 is 1.70 bits per heavy atom. The van der Waals surface area contributed by atoms with E-state index in [1.807, 2.05) is 67.6 Å². The van der Waals surface area contributed by atoms with Crippen molar-refractivity contribution in [3.8, 4) is 17.1 Å². The molecule has 0 radical (unpaired) electrons. The number of nitrogens with zero attached hydrogens (tertiary/aromatic N) is 4. The highest BCUT2D eigenvalue weighted by molar-refractivity contribution is 5.83. The van der Waals surface area contributed by atoms with Gasteiger partial charge in [0.1, 0.15) is 6.61 Å². The van der Waals surface area contributed by atoms with E-state index >= 15 is 0 Å². The number of ether oxygens (including phenoxy) is 1. The summed E-state index contributed by atoms with van der Waals surface area (Å²) in [5.74, 6) is 0.519. The molecule has 0 amide bonds. The predicted octanol–water partition coefficient (Wildman–Crippen LogP) is 5.74. The average Bonchev–Trinajstić information content (AvgIpc) is 2.93. The van der Waals surface area contributed by atoms with Crippen LogP contribution in [0.25, 0.3) is 22.3 Å². The summed E-state index contributed by atoms with van der Waals surface area (Å²) in [4.78, 5) is 29.2. The number of hydrogen-bond acceptors (Lipinski definition) is 6. The van der Waals surface area contributed by atoms with Gasteiger partial charge in [-0.3, -0.25) is 14.9 Å². The molecule has 0 N–H and O–H groups in total. The zero-order valence-corrected chi connectivity index (χ0v) is 19.9. The van der Waals surface area contributed by atoms with Crippen molar-refractivity contribution in [2.45, 2.75) is 13.5 Å². The maximum atomic E-state index is 13.3. The van der Waals surface area contributed by atoms with Crippen LogP contribution in [0, 0.1) is 17.0 Å². The maximum Gasteiger partial charge on any atom is 0.311 e. The lowest BCUT2D eigenvalue weighted by Gasteiger charge is -2.10. The molecule has 5 aromatic rings. The summed E-state index contributed by atoms with van der Waals surface area (Å²) in [7, 11) is 0. The van der Waals surface area contributed by atoms with Gasteiger partial charge in [0.05, 0.1) is 22.0 Å². The van der Waals surface area contributed by atoms with E-state index in [1.54, 1.807) is 24.3 Å². The minimum absolute atomic E-state index is 0.150. The number of aromatic nitrogens is 2. The molecule has 0 unspecified atom stereocenters. The number of aryl methyl sites for hydroxylation is 1. The van der Waals surface area contributed by atoms with E-state index in [2.05, 4.69) is 10.1 Å². The van der Waals surface area contributed by atoms with Crippen molar-refractivity contribution in [3.05, 3.63) is 134 Å². The van der Waals surface area contributed by atoms with Crippen molar-refractivity contribution >= 4 is 22.8 Å². The Kier molecular flexibility index (Phi) is 6.54. The second-order valence-electron chi connectivity index (χ2n) is 8.44. The molecule has 8 nitrogen and oxygen atoms in total. The first-order chi connectivity index (χ1) is 18.0. The van der Waals surface area contributed by atoms with Gasteiger partial charge in [-0.1, -0.05) is 72.3 Å². The summed E-state index contributed by atoms with van der Waals surface area (Å²) in [6, 6.07) is 28.6. The topological polar surface area (TPSA) is 99.6 Å². The number of fused-ring (bicyclic) bond motifs is 1. The van der Waals surface area contributed by atoms with E-state index < -0.39 is 4.92 Å². The molecule has 0 spiro atoms. The Bertz CT molecular complexity index is 1680. The van der Waals surface area contributed by atoms with E-state index in [9.17, 15) is 14.9 Å². The van der Waals surface area contributed by atoms with Gasteiger partial charge in [0.2, 0.25) is 0 Å². The number of hydrogen-bond donors (Lipinski definition) is 0. The Hall–Kier alpha value is -5.11. The molecule has 0 aliphatic rings. The molecule has 0 aliphatic carbocycles. The molecule has 1 heterocycles. The number of rotatable bonds is 7. The van der Waals surface area contributed by atoms with Gasteiger partial charge in [0.25, 0.3) is 5.56 Å². The van der Waals surface area contributed by atoms with Crippen LogP contribution >= 0.6 is 0 Å². The second-order valence-corrected chi connectivity index (χ2v) is 8.44. The van der Waals surface area contributed by atoms with E-state index in [0.29, 0.717) is 27.9 Å². The molecular weight excluding hydrogens is 468 g/mol. The lowest BCUT2D eigenvalue weighted by Crippen LogP contribution is -2.20. The fourth-order valence-corrected chi connectivity index (χ4v) is 3.85. The number of nitro benzene ring substituents is 1. The van der Waals surface area contributed by atoms with Crippen molar-refractivity contribution in [2.24, 2.45) is 5.10 Å². The SMILES string of the molecule is Cc1ccc(COc2ccc(C=Nn3c(-c4ccccc4)nc4ccccc4c3=O)cc2[N+](=O)[O-])cc1. The molecule has 0 bridgehead atoms. The van der Waals surface area contributed by atoms with Gasteiger partial charge in [-0.2, -0.15) is 9.78 Å². The molecule has 0 fully saturated rings. The first-order valence-electron chi connectivity index (χ1n) is 11.6. The summed E-state index contributed by atoms with van der Waals surface area (Å²) in [6.45, 7) is 2.19. The smallest absolute Gasteiger partial charge is 0.311 e. The highest BCUT2D eigenvalue weighted by Gasteiger charge is 2.17. The summed E-state index contributed by atoms with van der Waals surface area (Å²) in [5.41, 5.74) is 3.21. The Morgan fingerprint density at radius 3 is 2.46 bits per heavy atom. The number of para-hydroxylation sites is 1. The van der Waals surface area contributed by atoms with Gasteiger partial charge in [0.15, 0.2) is 11.6 Å². The van der Waals surface area contributed by atoms with Crippen molar-refractivity contribution < 1.29 is 9.66 Å². The lowest BCUT2D eigenvalue weighted by atomic mass is 10.1. The summed E-state index contributed by atoms with van der Waals surface area (Å²) >= 11 is 0. The largest absolute Gasteiger partial charge is 0.482 e. The minimum Gasteiger partial charge on any atom is -0.482 e. The molecule has 0 aliphatic heterocycles. The molecular formula is C29H22N4O4. The molecule has 8 heteroatoms. The molecule has 5 rings (SSSR count). The average molecular weight is 491 g/mol. The van der Waals surface area contributed by atoms with Crippen LogP contribution in [-0.2, 0) is 6.61 Å². The normalized spacial score (nSPS) is 11.2. The zero-order valence-electron chi connectivity index (χ0n) is 19.9. The Labute approximate surface area is 212 Å². The van der Waals surface area contributed by atoms with E-state index in [1.165, 1.54) is 23.0 Å². The van der Waals surface area contributed by atoms with Crippen LogP contribution < -0.4 is 10.3 Å². The van der Waals surface area contributed by atoms with E-state index in [0.717, 1.165) is 11.1 Å². The third kappa shape index (κ3) is 5.13. The third-order valence-corrected chi connectivity index (χ3v) is 5.80. The monoisotopic (exact) mass is 490 g/mol. The van der Waals surface area contributed by atoms with Gasteiger partial charge in [-0.25, -0.2) is 4.98 Å².